The summed E-state index contributed by atoms with van der Waals surface area (Å²) >= 11 is 3.81. The largest absolute Gasteiger partial charge is 0.248 e. The monoisotopic (exact) mass is 103 g/mol. The van der Waals surface area contributed by atoms with Crippen molar-refractivity contribution < 1.29 is 0 Å². The topological polar surface area (TPSA) is 23.9 Å². The van der Waals surface area contributed by atoms with Crippen LogP contribution in [0.15, 0.2) is 0 Å². The van der Waals surface area contributed by atoms with E-state index in [0.29, 0.717) is 0 Å². The van der Waals surface area contributed by atoms with Gasteiger partial charge in [0.05, 0.1) is 5.16 Å². The minimum absolute atomic E-state index is 1.25. The molecule has 0 bridgehead atoms. The first-order valence-corrected chi connectivity index (χ1v) is 2.28. The van der Waals surface area contributed by atoms with Gasteiger partial charge in [0.15, 0.2) is 0 Å². The van der Waals surface area contributed by atoms with Crippen LogP contribution in [0.2, 0.25) is 0 Å². The van der Waals surface area contributed by atoms with E-state index in [1.54, 1.807) is 5.16 Å². The molecule has 0 aliphatic heterocycles. The molecule has 2 heteroatoms. The molecule has 0 heterocycles. The smallest absolute Gasteiger partial charge is 0.0554 e. The Balaban J connectivity index is 0. The van der Waals surface area contributed by atoms with Gasteiger partial charge in [-0.1, -0.05) is 20.3 Å². The quantitative estimate of drug-likeness (QED) is 0.368. The summed E-state index contributed by atoms with van der Waals surface area (Å²) in [5.74, 6) is 0. The van der Waals surface area contributed by atoms with E-state index in [9.17, 15) is 0 Å². The maximum atomic E-state index is 5.77. The molecule has 0 aliphatic rings. The Morgan fingerprint density at radius 2 is 1.67 bits per heavy atom. The van der Waals surface area contributed by atoms with E-state index in [2.05, 4.69) is 26.1 Å². The molecule has 0 aromatic heterocycles. The van der Waals surface area contributed by atoms with Gasteiger partial charge in [-0.15, -0.1) is 0 Å². The zero-order valence-corrected chi connectivity index (χ0v) is 4.93. The van der Waals surface area contributed by atoms with E-state index >= 15 is 0 Å². The molecular weight excluding hydrogens is 94.1 g/mol. The summed E-state index contributed by atoms with van der Waals surface area (Å²) in [6, 6.07) is 0. The lowest BCUT2D eigenvalue weighted by molar-refractivity contribution is 1.09. The molecule has 0 saturated carbocycles. The normalized spacial score (nSPS) is 4.33. The van der Waals surface area contributed by atoms with Crippen LogP contribution in [0.3, 0.4) is 0 Å². The van der Waals surface area contributed by atoms with Crippen molar-refractivity contribution in [2.45, 2.75) is 20.3 Å². The fourth-order valence-corrected chi connectivity index (χ4v) is 0. The molecule has 0 rings (SSSR count). The summed E-state index contributed by atoms with van der Waals surface area (Å²) in [6.45, 7) is 4.25. The summed E-state index contributed by atoms with van der Waals surface area (Å²) in [5.41, 5.74) is 0. The third kappa shape index (κ3) is 745. The maximum absolute atomic E-state index is 5.77. The van der Waals surface area contributed by atoms with Crippen LogP contribution in [0.5, 0.6) is 0 Å². The predicted octanol–water partition coefficient (Wildman–Crippen LogP) is 2.08. The molecule has 1 N–H and O–H groups in total. The summed E-state index contributed by atoms with van der Waals surface area (Å²) in [4.78, 5) is 0. The zero-order chi connectivity index (χ0) is 5.41. The molecule has 0 spiro atoms. The Hall–Kier alpha value is -0.200. The first-order valence-electron chi connectivity index (χ1n) is 1.87. The van der Waals surface area contributed by atoms with Crippen molar-refractivity contribution in [3.8, 4) is 0 Å². The first-order chi connectivity index (χ1) is 2.83. The molecule has 0 unspecified atom stereocenters. The molecule has 1 nitrogen and oxygen atoms in total. The van der Waals surface area contributed by atoms with Crippen molar-refractivity contribution in [2.24, 2.45) is 0 Å². The van der Waals surface area contributed by atoms with Gasteiger partial charge in [0, 0.05) is 0 Å². The fraction of sp³-hybridized carbons (Fsp3) is 0.750. The molecule has 0 atom stereocenters. The van der Waals surface area contributed by atoms with Crippen molar-refractivity contribution in [3.63, 3.8) is 0 Å². The van der Waals surface area contributed by atoms with Crippen LogP contribution in [-0.2, 0) is 0 Å². The molecule has 0 aliphatic carbocycles. The van der Waals surface area contributed by atoms with E-state index in [0.717, 1.165) is 0 Å². The standard InChI is InChI=1S/C3H8.CHNS/c1-3-2;2-1-3/h3H2,1-2H3;2H. The lowest BCUT2D eigenvalue weighted by Crippen LogP contribution is -1.27. The molecule has 0 aromatic carbocycles. The highest BCUT2D eigenvalue weighted by molar-refractivity contribution is 7.78. The number of rotatable bonds is 0. The lowest BCUT2D eigenvalue weighted by Gasteiger charge is -1.48. The van der Waals surface area contributed by atoms with E-state index < -0.39 is 0 Å². The lowest BCUT2D eigenvalue weighted by atomic mass is 10.6. The molecule has 0 aromatic rings. The molecule has 0 saturated heterocycles. The van der Waals surface area contributed by atoms with Gasteiger partial charge >= 0.3 is 0 Å². The van der Waals surface area contributed by atoms with Gasteiger partial charge in [-0.25, -0.2) is 5.41 Å². The molecule has 6 heavy (non-hydrogen) atoms. The van der Waals surface area contributed by atoms with Gasteiger partial charge in [0.1, 0.15) is 0 Å². The average Bonchev–Trinajstić information content (AvgIpc) is 1.39. The predicted molar refractivity (Wildman–Crippen MR) is 31.3 cm³/mol. The first kappa shape index (κ1) is 9.25. The summed E-state index contributed by atoms with van der Waals surface area (Å²) < 4.78 is 0. The van der Waals surface area contributed by atoms with Gasteiger partial charge in [0.25, 0.3) is 0 Å². The number of nitrogens with one attached hydrogen (secondary N) is 1. The van der Waals surface area contributed by atoms with Crippen LogP contribution < -0.4 is 0 Å². The Bertz CT molecular complexity index is 36.8. The third-order valence-electron chi connectivity index (χ3n) is 0. The highest BCUT2D eigenvalue weighted by Gasteiger charge is 1.35. The average molecular weight is 103 g/mol. The molecule has 0 radical (unpaired) electrons. The van der Waals surface area contributed by atoms with E-state index in [-0.39, 0.29) is 0 Å². The maximum Gasteiger partial charge on any atom is 0.0554 e. The van der Waals surface area contributed by atoms with Crippen LogP contribution in [0.1, 0.15) is 20.3 Å². The van der Waals surface area contributed by atoms with Gasteiger partial charge in [-0.05, 0) is 12.2 Å². The fourth-order valence-electron chi connectivity index (χ4n) is 0. The van der Waals surface area contributed by atoms with E-state index in [1.807, 2.05) is 0 Å². The molecule has 36 valence electrons. The summed E-state index contributed by atoms with van der Waals surface area (Å²) in [7, 11) is 0. The van der Waals surface area contributed by atoms with Crippen LogP contribution >= 0.6 is 12.2 Å². The molecular formula is C4H9NS. The molecule has 0 amide bonds. The second-order valence-electron chi connectivity index (χ2n) is 0.809. The van der Waals surface area contributed by atoms with Crippen LogP contribution in [0.25, 0.3) is 0 Å². The minimum Gasteiger partial charge on any atom is -0.248 e. The van der Waals surface area contributed by atoms with Crippen molar-refractivity contribution in [1.82, 2.24) is 0 Å². The molecule has 0 fully saturated rings. The number of hydrogen-bond acceptors (Lipinski definition) is 2. The van der Waals surface area contributed by atoms with Gasteiger partial charge in [-0.2, -0.15) is 0 Å². The Kier molecular flexibility index (Phi) is 33.0. The second kappa shape index (κ2) is 21.4. The number of thiocarbonyl (C=S) groups is 1. The highest BCUT2D eigenvalue weighted by atomic mass is 32.1. The van der Waals surface area contributed by atoms with Crippen molar-refractivity contribution in [3.05, 3.63) is 0 Å². The van der Waals surface area contributed by atoms with Gasteiger partial charge < -0.3 is 0 Å². The summed E-state index contributed by atoms with van der Waals surface area (Å²) in [6.07, 6.45) is 1.25. The van der Waals surface area contributed by atoms with E-state index in [4.69, 9.17) is 5.41 Å². The van der Waals surface area contributed by atoms with Crippen molar-refractivity contribution >= 4 is 17.4 Å². The summed E-state index contributed by atoms with van der Waals surface area (Å²) in [5, 5.41) is 7.36. The second-order valence-corrected chi connectivity index (χ2v) is 1.01. The Morgan fingerprint density at radius 1 is 1.67 bits per heavy atom. The van der Waals surface area contributed by atoms with Crippen LogP contribution in [-0.4, -0.2) is 5.16 Å². The number of isothiocyanates is 1. The number of hydrogen-bond donors (Lipinski definition) is 1. The SMILES string of the molecule is CCC.N=C=S. The van der Waals surface area contributed by atoms with Crippen LogP contribution in [0, 0.1) is 5.41 Å². The minimum atomic E-state index is 1.25. The van der Waals surface area contributed by atoms with Gasteiger partial charge in [0.2, 0.25) is 0 Å². The van der Waals surface area contributed by atoms with Crippen LogP contribution in [0.4, 0.5) is 0 Å². The Labute approximate surface area is 43.9 Å². The van der Waals surface area contributed by atoms with Gasteiger partial charge in [-0.3, -0.25) is 0 Å². The van der Waals surface area contributed by atoms with Crippen molar-refractivity contribution in [2.75, 3.05) is 0 Å². The van der Waals surface area contributed by atoms with E-state index in [1.165, 1.54) is 6.42 Å². The zero-order valence-electron chi connectivity index (χ0n) is 4.12. The third-order valence-corrected chi connectivity index (χ3v) is 0. The Morgan fingerprint density at radius 3 is 1.67 bits per heavy atom. The van der Waals surface area contributed by atoms with Crippen molar-refractivity contribution in [1.29, 1.82) is 5.41 Å². The highest BCUT2D eigenvalue weighted by Crippen LogP contribution is 1.56.